The van der Waals surface area contributed by atoms with Gasteiger partial charge in [0.15, 0.2) is 13.2 Å². The minimum absolute atomic E-state index is 0.0102. The zero-order valence-electron chi connectivity index (χ0n) is 19.9. The van der Waals surface area contributed by atoms with Gasteiger partial charge in [0.05, 0.1) is 0 Å². The number of ether oxygens (including phenoxy) is 2. The summed E-state index contributed by atoms with van der Waals surface area (Å²) in [4.78, 5) is 23.3. The Morgan fingerprint density at radius 2 is 0.973 bits per heavy atom. The number of hydrogen-bond acceptors (Lipinski definition) is 4. The van der Waals surface area contributed by atoms with Crippen molar-refractivity contribution in [2.24, 2.45) is 11.5 Å². The lowest BCUT2D eigenvalue weighted by Gasteiger charge is -2.13. The monoisotopic (exact) mass is 534 g/mol. The van der Waals surface area contributed by atoms with E-state index in [-0.39, 0.29) is 22.6 Å². The highest BCUT2D eigenvalue weighted by atomic mass is 19.4. The van der Waals surface area contributed by atoms with E-state index in [9.17, 15) is 35.9 Å². The van der Waals surface area contributed by atoms with Crippen molar-refractivity contribution < 1.29 is 45.4 Å². The maximum absolute atomic E-state index is 12.4. The van der Waals surface area contributed by atoms with Crippen molar-refractivity contribution >= 4 is 11.8 Å². The molecule has 2 rings (SSSR count). The zero-order valence-corrected chi connectivity index (χ0v) is 19.9. The number of aryl methyl sites for hydroxylation is 2. The lowest BCUT2D eigenvalue weighted by molar-refractivity contribution is -0.154. The Morgan fingerprint density at radius 3 is 1.30 bits per heavy atom. The van der Waals surface area contributed by atoms with Gasteiger partial charge in [0.25, 0.3) is 0 Å². The molecule has 0 fully saturated rings. The highest BCUT2D eigenvalue weighted by Crippen LogP contribution is 2.25. The van der Waals surface area contributed by atoms with Crippen molar-refractivity contribution in [2.75, 3.05) is 13.2 Å². The van der Waals surface area contributed by atoms with E-state index < -0.39 is 37.4 Å². The second kappa shape index (κ2) is 13.2. The smallest absolute Gasteiger partial charge is 0.422 e. The molecule has 0 unspecified atom stereocenters. The second-order valence-corrected chi connectivity index (χ2v) is 8.44. The fourth-order valence-corrected chi connectivity index (χ4v) is 3.71. The summed E-state index contributed by atoms with van der Waals surface area (Å²) in [5.74, 6) is -1.40. The van der Waals surface area contributed by atoms with E-state index >= 15 is 0 Å². The summed E-state index contributed by atoms with van der Waals surface area (Å²) in [6.45, 7) is -2.89. The van der Waals surface area contributed by atoms with Crippen molar-refractivity contribution in [1.29, 1.82) is 0 Å². The van der Waals surface area contributed by atoms with Crippen LogP contribution in [0, 0.1) is 0 Å². The van der Waals surface area contributed by atoms with E-state index in [0.29, 0.717) is 36.8 Å². The van der Waals surface area contributed by atoms with E-state index in [1.165, 1.54) is 36.4 Å². The number of nitrogens with two attached hydrogens (primary N) is 2. The van der Waals surface area contributed by atoms with Crippen molar-refractivity contribution in [3.63, 3.8) is 0 Å². The van der Waals surface area contributed by atoms with E-state index in [1.807, 2.05) is 0 Å². The third kappa shape index (κ3) is 11.0. The van der Waals surface area contributed by atoms with E-state index in [2.05, 4.69) is 0 Å². The van der Waals surface area contributed by atoms with Crippen LogP contribution in [-0.4, -0.2) is 37.4 Å². The molecule has 0 saturated carbocycles. The summed E-state index contributed by atoms with van der Waals surface area (Å²) in [5, 5.41) is 0. The number of carbonyl (C=O) groups excluding carboxylic acids is 2. The maximum Gasteiger partial charge on any atom is 0.422 e. The number of carbonyl (C=O) groups is 2. The number of benzene rings is 2. The van der Waals surface area contributed by atoms with Crippen LogP contribution in [0.3, 0.4) is 0 Å². The number of rotatable bonds is 14. The number of alkyl halides is 6. The van der Waals surface area contributed by atoms with Crippen molar-refractivity contribution in [3.05, 3.63) is 58.7 Å². The Kier molecular flexibility index (Phi) is 10.6. The van der Waals surface area contributed by atoms with Crippen LogP contribution in [-0.2, 0) is 12.8 Å². The highest BCUT2D eigenvalue weighted by Gasteiger charge is 2.29. The predicted octanol–water partition coefficient (Wildman–Crippen LogP) is 5.50. The molecular formula is C25H28F6N2O4. The standard InChI is InChI=1S/C25H28F6N2O4/c26-24(27,28)14-36-18-8-10-20(22(32)34)16(12-18)6-4-2-1-3-5-7-17-13-19(37-15-25(29,30)31)9-11-21(17)23(33)35/h8-13H,1-7,14-15H2,(H2,32,34)(H2,33,35). The molecule has 0 aliphatic rings. The van der Waals surface area contributed by atoms with Gasteiger partial charge in [-0.2, -0.15) is 26.3 Å². The zero-order chi connectivity index (χ0) is 27.6. The Balaban J connectivity index is 1.85. The minimum atomic E-state index is -4.49. The Bertz CT molecular complexity index is 987. The highest BCUT2D eigenvalue weighted by molar-refractivity contribution is 5.95. The summed E-state index contributed by atoms with van der Waals surface area (Å²) in [5.41, 5.74) is 12.1. The van der Waals surface area contributed by atoms with Gasteiger partial charge in [0.1, 0.15) is 11.5 Å². The molecule has 37 heavy (non-hydrogen) atoms. The Morgan fingerprint density at radius 1 is 0.622 bits per heavy atom. The number of amides is 2. The van der Waals surface area contributed by atoms with Crippen molar-refractivity contribution in [2.45, 2.75) is 57.3 Å². The molecule has 12 heteroatoms. The summed E-state index contributed by atoms with van der Waals surface area (Å²) in [6.07, 6.45) is -4.64. The van der Waals surface area contributed by atoms with Gasteiger partial charge in [-0.05, 0) is 73.2 Å². The summed E-state index contributed by atoms with van der Waals surface area (Å²) >= 11 is 0. The van der Waals surface area contributed by atoms with Gasteiger partial charge in [-0.3, -0.25) is 9.59 Å². The van der Waals surface area contributed by atoms with E-state index in [0.717, 1.165) is 19.3 Å². The molecule has 0 saturated heterocycles. The quantitative estimate of drug-likeness (QED) is 0.247. The van der Waals surface area contributed by atoms with Crippen molar-refractivity contribution in [1.82, 2.24) is 0 Å². The van der Waals surface area contributed by atoms with Gasteiger partial charge in [0, 0.05) is 11.1 Å². The summed E-state index contributed by atoms with van der Waals surface area (Å²) < 4.78 is 83.9. The first-order chi connectivity index (χ1) is 17.2. The molecule has 6 nitrogen and oxygen atoms in total. The minimum Gasteiger partial charge on any atom is -0.484 e. The molecule has 0 atom stereocenters. The molecule has 4 N–H and O–H groups in total. The number of primary amides is 2. The first kappa shape index (κ1) is 29.8. The fourth-order valence-electron chi connectivity index (χ4n) is 3.71. The third-order valence-electron chi connectivity index (χ3n) is 5.38. The average Bonchev–Trinajstić information content (AvgIpc) is 2.79. The number of hydrogen-bond donors (Lipinski definition) is 2. The SMILES string of the molecule is NC(=O)c1ccc(OCC(F)(F)F)cc1CCCCCCCc1cc(OCC(F)(F)F)ccc1C(N)=O. The fraction of sp³-hybridized carbons (Fsp3) is 0.440. The van der Waals surface area contributed by atoms with Crippen LogP contribution >= 0.6 is 0 Å². The van der Waals surface area contributed by atoms with Gasteiger partial charge >= 0.3 is 12.4 Å². The third-order valence-corrected chi connectivity index (χ3v) is 5.38. The van der Waals surface area contributed by atoms with Gasteiger partial charge in [-0.15, -0.1) is 0 Å². The lowest BCUT2D eigenvalue weighted by Crippen LogP contribution is -2.19. The van der Waals surface area contributed by atoms with Crippen LogP contribution in [0.1, 0.15) is 63.9 Å². The van der Waals surface area contributed by atoms with Crippen LogP contribution in [0.25, 0.3) is 0 Å². The van der Waals surface area contributed by atoms with E-state index in [4.69, 9.17) is 20.9 Å². The van der Waals surface area contributed by atoms with Crippen LogP contribution in [0.2, 0.25) is 0 Å². The topological polar surface area (TPSA) is 105 Å². The lowest BCUT2D eigenvalue weighted by atomic mass is 9.98. The molecule has 2 aromatic carbocycles. The van der Waals surface area contributed by atoms with Gasteiger partial charge in [-0.1, -0.05) is 19.3 Å². The molecule has 0 aromatic heterocycles. The second-order valence-electron chi connectivity index (χ2n) is 8.44. The molecule has 2 aromatic rings. The first-order valence-electron chi connectivity index (χ1n) is 11.5. The number of unbranched alkanes of at least 4 members (excludes halogenated alkanes) is 4. The Labute approximate surface area is 209 Å². The molecule has 0 aliphatic carbocycles. The molecular weight excluding hydrogens is 506 g/mol. The molecule has 0 bridgehead atoms. The Hall–Kier alpha value is -3.44. The largest absolute Gasteiger partial charge is 0.484 e. The van der Waals surface area contributed by atoms with Crippen LogP contribution in [0.15, 0.2) is 36.4 Å². The van der Waals surface area contributed by atoms with E-state index in [1.54, 1.807) is 0 Å². The van der Waals surface area contributed by atoms with Gasteiger partial charge in [-0.25, -0.2) is 0 Å². The average molecular weight is 534 g/mol. The van der Waals surface area contributed by atoms with Gasteiger partial charge in [0.2, 0.25) is 11.8 Å². The normalized spacial score (nSPS) is 11.8. The van der Waals surface area contributed by atoms with Crippen LogP contribution < -0.4 is 20.9 Å². The molecule has 2 amide bonds. The maximum atomic E-state index is 12.4. The summed E-state index contributed by atoms with van der Waals surface area (Å²) in [7, 11) is 0. The molecule has 0 heterocycles. The predicted molar refractivity (Wildman–Crippen MR) is 124 cm³/mol. The first-order valence-corrected chi connectivity index (χ1v) is 11.5. The van der Waals surface area contributed by atoms with Crippen molar-refractivity contribution in [3.8, 4) is 11.5 Å². The molecule has 0 radical (unpaired) electrons. The van der Waals surface area contributed by atoms with Crippen LogP contribution in [0.4, 0.5) is 26.3 Å². The number of halogens is 6. The summed E-state index contributed by atoms with van der Waals surface area (Å²) in [6, 6.07) is 7.96. The van der Waals surface area contributed by atoms with Gasteiger partial charge < -0.3 is 20.9 Å². The molecule has 204 valence electrons. The molecule has 0 aliphatic heterocycles. The van der Waals surface area contributed by atoms with Crippen LogP contribution in [0.5, 0.6) is 11.5 Å². The molecule has 0 spiro atoms.